The standard InChI is InChI=1S/C20H20BrN5O2/c1-28-14-4-5-16(21)15(10-14)20(27)24-8-9-26-19(13-2-3-13)11-17(25-26)18-12-22-6-7-23-18/h4-7,10-13H,2-3,8-9H2,1H3,(H,24,27). The van der Waals surface area contributed by atoms with E-state index in [1.807, 2.05) is 4.68 Å². The van der Waals surface area contributed by atoms with Gasteiger partial charge in [-0.3, -0.25) is 19.4 Å². The molecule has 0 spiro atoms. The minimum absolute atomic E-state index is 0.153. The first-order valence-corrected chi connectivity index (χ1v) is 9.91. The smallest absolute Gasteiger partial charge is 0.252 e. The van der Waals surface area contributed by atoms with Gasteiger partial charge in [0.1, 0.15) is 17.1 Å². The Morgan fingerprint density at radius 3 is 2.86 bits per heavy atom. The van der Waals surface area contributed by atoms with Crippen molar-refractivity contribution >= 4 is 21.8 Å². The summed E-state index contributed by atoms with van der Waals surface area (Å²) in [6, 6.07) is 7.41. The second kappa shape index (κ2) is 8.10. The third-order valence-corrected chi connectivity index (χ3v) is 5.35. The molecule has 1 saturated carbocycles. The molecule has 0 unspecified atom stereocenters. The van der Waals surface area contributed by atoms with E-state index in [2.05, 4.69) is 42.4 Å². The normalized spacial score (nSPS) is 13.4. The Balaban J connectivity index is 1.45. The Morgan fingerprint density at radius 2 is 2.14 bits per heavy atom. The number of benzene rings is 1. The fourth-order valence-electron chi connectivity index (χ4n) is 3.05. The maximum Gasteiger partial charge on any atom is 0.252 e. The molecule has 28 heavy (non-hydrogen) atoms. The van der Waals surface area contributed by atoms with Crippen LogP contribution in [0.1, 0.15) is 34.8 Å². The quantitative estimate of drug-likeness (QED) is 0.607. The van der Waals surface area contributed by atoms with Crippen LogP contribution in [0.2, 0.25) is 0 Å². The van der Waals surface area contributed by atoms with Gasteiger partial charge in [0.25, 0.3) is 5.91 Å². The van der Waals surface area contributed by atoms with Gasteiger partial charge in [0, 0.05) is 35.0 Å². The van der Waals surface area contributed by atoms with Crippen LogP contribution in [0.3, 0.4) is 0 Å². The molecule has 1 aromatic carbocycles. The summed E-state index contributed by atoms with van der Waals surface area (Å²) in [7, 11) is 1.58. The second-order valence-corrected chi connectivity index (χ2v) is 7.50. The SMILES string of the molecule is COc1ccc(Br)c(C(=O)NCCn2nc(-c3cnccn3)cc2C2CC2)c1. The molecule has 144 valence electrons. The molecule has 1 aliphatic rings. The van der Waals surface area contributed by atoms with Crippen molar-refractivity contribution in [3.8, 4) is 17.1 Å². The van der Waals surface area contributed by atoms with Crippen LogP contribution in [0.5, 0.6) is 5.75 Å². The Morgan fingerprint density at radius 1 is 1.29 bits per heavy atom. The van der Waals surface area contributed by atoms with Crippen LogP contribution >= 0.6 is 15.9 Å². The third kappa shape index (κ3) is 4.06. The second-order valence-electron chi connectivity index (χ2n) is 6.64. The summed E-state index contributed by atoms with van der Waals surface area (Å²) in [6.45, 7) is 1.07. The molecule has 1 N–H and O–H groups in total. The largest absolute Gasteiger partial charge is 0.497 e. The molecule has 0 saturated heterocycles. The minimum atomic E-state index is -0.153. The van der Waals surface area contributed by atoms with Gasteiger partial charge < -0.3 is 10.1 Å². The van der Waals surface area contributed by atoms with E-state index in [0.29, 0.717) is 30.3 Å². The van der Waals surface area contributed by atoms with Crippen LogP contribution in [0.15, 0.2) is 47.3 Å². The summed E-state index contributed by atoms with van der Waals surface area (Å²) in [5.74, 6) is 1.03. The number of carbonyl (C=O) groups is 1. The summed E-state index contributed by atoms with van der Waals surface area (Å²) >= 11 is 3.42. The number of nitrogens with zero attached hydrogens (tertiary/aromatic N) is 4. The number of aromatic nitrogens is 4. The molecular formula is C20H20BrN5O2. The number of rotatable bonds is 7. The highest BCUT2D eigenvalue weighted by Gasteiger charge is 2.28. The van der Waals surface area contributed by atoms with Crippen molar-refractivity contribution in [2.24, 2.45) is 0 Å². The van der Waals surface area contributed by atoms with E-state index in [1.54, 1.807) is 43.9 Å². The molecule has 1 aliphatic carbocycles. The summed E-state index contributed by atoms with van der Waals surface area (Å²) in [5, 5.41) is 7.65. The molecule has 3 aromatic rings. The fraction of sp³-hybridized carbons (Fsp3) is 0.300. The maximum absolute atomic E-state index is 12.5. The molecule has 2 heterocycles. The lowest BCUT2D eigenvalue weighted by molar-refractivity contribution is 0.0950. The molecule has 2 aromatic heterocycles. The average Bonchev–Trinajstić information content (AvgIpc) is 3.48. The molecule has 0 atom stereocenters. The van der Waals surface area contributed by atoms with Crippen molar-refractivity contribution in [3.05, 3.63) is 58.6 Å². The lowest BCUT2D eigenvalue weighted by Gasteiger charge is -2.10. The fourth-order valence-corrected chi connectivity index (χ4v) is 3.48. The monoisotopic (exact) mass is 441 g/mol. The summed E-state index contributed by atoms with van der Waals surface area (Å²) in [5.41, 5.74) is 3.31. The highest BCUT2D eigenvalue weighted by atomic mass is 79.9. The summed E-state index contributed by atoms with van der Waals surface area (Å²) in [4.78, 5) is 21.0. The van der Waals surface area contributed by atoms with Gasteiger partial charge in [-0.1, -0.05) is 0 Å². The number of amides is 1. The van der Waals surface area contributed by atoms with Gasteiger partial charge in [0.2, 0.25) is 0 Å². The molecule has 4 rings (SSSR count). The van der Waals surface area contributed by atoms with Gasteiger partial charge >= 0.3 is 0 Å². The van der Waals surface area contributed by atoms with Crippen LogP contribution in [-0.2, 0) is 6.54 Å². The first-order valence-electron chi connectivity index (χ1n) is 9.11. The van der Waals surface area contributed by atoms with Gasteiger partial charge in [-0.15, -0.1) is 0 Å². The van der Waals surface area contributed by atoms with Crippen molar-refractivity contribution in [2.75, 3.05) is 13.7 Å². The number of hydrogen-bond donors (Lipinski definition) is 1. The average molecular weight is 442 g/mol. The third-order valence-electron chi connectivity index (χ3n) is 4.66. The van der Waals surface area contributed by atoms with E-state index in [1.165, 1.54) is 18.5 Å². The summed E-state index contributed by atoms with van der Waals surface area (Å²) < 4.78 is 7.91. The van der Waals surface area contributed by atoms with Gasteiger partial charge in [-0.25, -0.2) is 0 Å². The zero-order valence-corrected chi connectivity index (χ0v) is 17.0. The Hall–Kier alpha value is -2.74. The van der Waals surface area contributed by atoms with Gasteiger partial charge in [-0.05, 0) is 53.0 Å². The van der Waals surface area contributed by atoms with Crippen LogP contribution < -0.4 is 10.1 Å². The van der Waals surface area contributed by atoms with Crippen molar-refractivity contribution in [1.29, 1.82) is 0 Å². The predicted molar refractivity (Wildman–Crippen MR) is 108 cm³/mol. The Bertz CT molecular complexity index is 986. The Kier molecular flexibility index (Phi) is 5.38. The number of halogens is 1. The minimum Gasteiger partial charge on any atom is -0.497 e. The van der Waals surface area contributed by atoms with E-state index >= 15 is 0 Å². The molecule has 0 aliphatic heterocycles. The highest BCUT2D eigenvalue weighted by Crippen LogP contribution is 2.41. The van der Waals surface area contributed by atoms with E-state index < -0.39 is 0 Å². The summed E-state index contributed by atoms with van der Waals surface area (Å²) in [6.07, 6.45) is 7.38. The van der Waals surface area contributed by atoms with Gasteiger partial charge in [0.05, 0.1) is 25.4 Å². The van der Waals surface area contributed by atoms with Crippen LogP contribution in [0, 0.1) is 0 Å². The van der Waals surface area contributed by atoms with E-state index in [0.717, 1.165) is 15.9 Å². The topological polar surface area (TPSA) is 81.9 Å². The first-order chi connectivity index (χ1) is 13.7. The molecular weight excluding hydrogens is 422 g/mol. The van der Waals surface area contributed by atoms with Crippen LogP contribution in [0.25, 0.3) is 11.4 Å². The van der Waals surface area contributed by atoms with Crippen LogP contribution in [0.4, 0.5) is 0 Å². The zero-order valence-electron chi connectivity index (χ0n) is 15.4. The molecule has 0 radical (unpaired) electrons. The number of hydrogen-bond acceptors (Lipinski definition) is 5. The Labute approximate surface area is 171 Å². The lowest BCUT2D eigenvalue weighted by Crippen LogP contribution is -2.28. The lowest BCUT2D eigenvalue weighted by atomic mass is 10.2. The van der Waals surface area contributed by atoms with E-state index in [-0.39, 0.29) is 5.91 Å². The van der Waals surface area contributed by atoms with Gasteiger partial charge in [-0.2, -0.15) is 5.10 Å². The number of nitrogens with one attached hydrogen (secondary N) is 1. The van der Waals surface area contributed by atoms with Gasteiger partial charge in [0.15, 0.2) is 0 Å². The molecule has 1 amide bonds. The number of methoxy groups -OCH3 is 1. The zero-order chi connectivity index (χ0) is 19.5. The molecule has 7 nitrogen and oxygen atoms in total. The van der Waals surface area contributed by atoms with Crippen LogP contribution in [-0.4, -0.2) is 39.3 Å². The van der Waals surface area contributed by atoms with Crippen molar-refractivity contribution in [3.63, 3.8) is 0 Å². The molecule has 1 fully saturated rings. The van der Waals surface area contributed by atoms with E-state index in [9.17, 15) is 4.79 Å². The van der Waals surface area contributed by atoms with Crippen molar-refractivity contribution < 1.29 is 9.53 Å². The number of ether oxygens (including phenoxy) is 1. The highest BCUT2D eigenvalue weighted by molar-refractivity contribution is 9.10. The van der Waals surface area contributed by atoms with Crippen molar-refractivity contribution in [2.45, 2.75) is 25.3 Å². The molecule has 0 bridgehead atoms. The van der Waals surface area contributed by atoms with Crippen molar-refractivity contribution in [1.82, 2.24) is 25.1 Å². The number of carbonyl (C=O) groups excluding carboxylic acids is 1. The van der Waals surface area contributed by atoms with E-state index in [4.69, 9.17) is 4.74 Å². The first kappa shape index (κ1) is 18.6. The predicted octanol–water partition coefficient (Wildman–Crippen LogP) is 3.42. The molecule has 8 heteroatoms. The maximum atomic E-state index is 12.5.